The molecule has 0 aliphatic carbocycles. The number of rotatable bonds is 5. The lowest BCUT2D eigenvalue weighted by atomic mass is 9.89. The van der Waals surface area contributed by atoms with Crippen LogP contribution in [0.15, 0.2) is 72.8 Å². The number of carbonyl (C=O) groups excluding carboxylic acids is 3. The van der Waals surface area contributed by atoms with Gasteiger partial charge in [0, 0.05) is 29.6 Å². The van der Waals surface area contributed by atoms with Crippen molar-refractivity contribution in [3.63, 3.8) is 0 Å². The fourth-order valence-corrected chi connectivity index (χ4v) is 5.48. The van der Waals surface area contributed by atoms with Gasteiger partial charge in [0.05, 0.1) is 11.3 Å². The molecule has 0 spiro atoms. The molecule has 0 radical (unpaired) electrons. The summed E-state index contributed by atoms with van der Waals surface area (Å²) < 4.78 is 13.8. The Balaban J connectivity index is 1.49. The number of para-hydroxylation sites is 2. The minimum absolute atomic E-state index is 0.256. The molecule has 6 rings (SSSR count). The van der Waals surface area contributed by atoms with Gasteiger partial charge in [0.25, 0.3) is 11.8 Å². The number of urea groups is 1. The monoisotopic (exact) mass is 496 g/mol. The Morgan fingerprint density at radius 2 is 1.76 bits per heavy atom. The second-order valence-corrected chi connectivity index (χ2v) is 9.37. The maximum Gasteiger partial charge on any atom is 0.332 e. The Morgan fingerprint density at radius 3 is 2.54 bits per heavy atom. The molecule has 4 amide bonds. The van der Waals surface area contributed by atoms with Gasteiger partial charge in [-0.2, -0.15) is 0 Å². The van der Waals surface area contributed by atoms with Crippen molar-refractivity contribution in [1.82, 2.24) is 15.2 Å². The van der Waals surface area contributed by atoms with E-state index in [4.69, 9.17) is 0 Å². The zero-order chi connectivity index (χ0) is 25.7. The van der Waals surface area contributed by atoms with Crippen LogP contribution in [0.25, 0.3) is 10.9 Å². The number of nitrogens with zero attached hydrogens (tertiary/aromatic N) is 2. The summed E-state index contributed by atoms with van der Waals surface area (Å²) in [4.78, 5) is 47.0. The predicted octanol–water partition coefficient (Wildman–Crippen LogP) is 4.93. The molecule has 3 aromatic carbocycles. The fraction of sp³-hybridized carbons (Fsp3) is 0.207. The Morgan fingerprint density at radius 1 is 1.03 bits per heavy atom. The first-order valence-corrected chi connectivity index (χ1v) is 12.4. The van der Waals surface area contributed by atoms with Crippen LogP contribution in [0.2, 0.25) is 0 Å². The number of nitrogens with one attached hydrogen (secondary N) is 2. The predicted molar refractivity (Wildman–Crippen MR) is 138 cm³/mol. The number of aromatic nitrogens is 1. The van der Waals surface area contributed by atoms with Crippen molar-refractivity contribution in [2.75, 3.05) is 11.4 Å². The largest absolute Gasteiger partial charge is 0.356 e. The molecule has 2 aliphatic heterocycles. The molecule has 2 atom stereocenters. The lowest BCUT2D eigenvalue weighted by Gasteiger charge is -2.36. The molecule has 7 nitrogen and oxygen atoms in total. The average Bonchev–Trinajstić information content (AvgIpc) is 3.41. The van der Waals surface area contributed by atoms with Crippen LogP contribution < -0.4 is 10.2 Å². The van der Waals surface area contributed by atoms with E-state index in [2.05, 4.69) is 10.3 Å². The molecule has 3 heterocycles. The summed E-state index contributed by atoms with van der Waals surface area (Å²) in [6.07, 6.45) is 1.10. The lowest BCUT2D eigenvalue weighted by molar-refractivity contribution is -0.120. The third-order valence-electron chi connectivity index (χ3n) is 7.16. The molecule has 1 saturated heterocycles. The molecule has 37 heavy (non-hydrogen) atoms. The van der Waals surface area contributed by atoms with E-state index in [-0.39, 0.29) is 28.9 Å². The Kier molecular flexibility index (Phi) is 5.52. The zero-order valence-electron chi connectivity index (χ0n) is 20.2. The van der Waals surface area contributed by atoms with E-state index in [0.29, 0.717) is 18.5 Å². The SMILES string of the molecule is CCCNC(=O)c1ccccc1N1C(=O)[C@@H]2Cc3c([nH]c4ccccc34)[C@@H](c3ccc(F)cc3)N2C1=O. The summed E-state index contributed by atoms with van der Waals surface area (Å²) >= 11 is 0. The highest BCUT2D eigenvalue weighted by Crippen LogP contribution is 2.45. The van der Waals surface area contributed by atoms with Crippen LogP contribution in [-0.2, 0) is 11.2 Å². The number of amides is 4. The van der Waals surface area contributed by atoms with Crippen molar-refractivity contribution in [2.24, 2.45) is 0 Å². The molecule has 186 valence electrons. The summed E-state index contributed by atoms with van der Waals surface area (Å²) in [5.41, 5.74) is 3.89. The lowest BCUT2D eigenvalue weighted by Crippen LogP contribution is -2.44. The summed E-state index contributed by atoms with van der Waals surface area (Å²) in [6, 6.07) is 18.6. The van der Waals surface area contributed by atoms with Crippen molar-refractivity contribution in [1.29, 1.82) is 0 Å². The number of hydrogen-bond acceptors (Lipinski definition) is 3. The summed E-state index contributed by atoms with van der Waals surface area (Å²) in [5, 5.41) is 3.82. The normalized spacial score (nSPS) is 18.8. The van der Waals surface area contributed by atoms with Crippen LogP contribution in [0.5, 0.6) is 0 Å². The van der Waals surface area contributed by atoms with E-state index in [0.717, 1.165) is 33.5 Å². The van der Waals surface area contributed by atoms with Gasteiger partial charge in [-0.25, -0.2) is 14.1 Å². The number of H-pyrrole nitrogens is 1. The highest BCUT2D eigenvalue weighted by atomic mass is 19.1. The van der Waals surface area contributed by atoms with Crippen molar-refractivity contribution in [2.45, 2.75) is 31.8 Å². The number of fused-ring (bicyclic) bond motifs is 4. The summed E-state index contributed by atoms with van der Waals surface area (Å²) in [6.45, 7) is 2.43. The van der Waals surface area contributed by atoms with Crippen LogP contribution in [0.4, 0.5) is 14.9 Å². The fourth-order valence-electron chi connectivity index (χ4n) is 5.48. The van der Waals surface area contributed by atoms with Crippen molar-refractivity contribution in [3.8, 4) is 0 Å². The first-order valence-electron chi connectivity index (χ1n) is 12.4. The summed E-state index contributed by atoms with van der Waals surface area (Å²) in [7, 11) is 0. The first-order chi connectivity index (χ1) is 18.0. The molecule has 2 N–H and O–H groups in total. The molecule has 2 aliphatic rings. The van der Waals surface area contributed by atoms with Crippen LogP contribution in [0, 0.1) is 5.82 Å². The first kappa shape index (κ1) is 23.0. The van der Waals surface area contributed by atoms with Gasteiger partial charge in [-0.3, -0.25) is 14.5 Å². The smallest absolute Gasteiger partial charge is 0.332 e. The van der Waals surface area contributed by atoms with Crippen LogP contribution >= 0.6 is 0 Å². The molecular formula is C29H25FN4O3. The maximum atomic E-state index is 14.0. The minimum atomic E-state index is -0.763. The standard InChI is InChI=1S/C29H25FN4O3/c1-2-15-31-27(35)20-8-4-6-10-23(20)34-28(36)24-16-21-19-7-3-5-9-22(19)32-25(21)26(33(24)29(34)37)17-11-13-18(30)14-12-17/h3-14,24,26,32H,2,15-16H2,1H3,(H,31,35)/t24-,26+/m0/s1. The van der Waals surface area contributed by atoms with E-state index in [9.17, 15) is 18.8 Å². The zero-order valence-corrected chi connectivity index (χ0v) is 20.2. The van der Waals surface area contributed by atoms with Gasteiger partial charge < -0.3 is 10.3 Å². The van der Waals surface area contributed by atoms with Crippen molar-refractivity contribution in [3.05, 3.63) is 101 Å². The Hall–Kier alpha value is -4.46. The number of anilines is 1. The van der Waals surface area contributed by atoms with Crippen LogP contribution in [0.1, 0.15) is 46.6 Å². The second kappa shape index (κ2) is 8.89. The number of aromatic amines is 1. The van der Waals surface area contributed by atoms with Gasteiger partial charge in [-0.15, -0.1) is 0 Å². The molecular weight excluding hydrogens is 471 g/mol. The molecule has 0 bridgehead atoms. The minimum Gasteiger partial charge on any atom is -0.356 e. The number of carbonyl (C=O) groups is 3. The topological polar surface area (TPSA) is 85.5 Å². The van der Waals surface area contributed by atoms with Crippen LogP contribution in [0.3, 0.4) is 0 Å². The third kappa shape index (κ3) is 3.59. The average molecular weight is 497 g/mol. The molecule has 1 aromatic heterocycles. The van der Waals surface area contributed by atoms with E-state index in [1.165, 1.54) is 12.1 Å². The molecule has 8 heteroatoms. The molecule has 0 saturated carbocycles. The van der Waals surface area contributed by atoms with Gasteiger partial charge in [-0.05, 0) is 47.9 Å². The summed E-state index contributed by atoms with van der Waals surface area (Å²) in [5.74, 6) is -1.11. The number of benzene rings is 3. The van der Waals surface area contributed by atoms with Gasteiger partial charge in [0.2, 0.25) is 0 Å². The Labute approximate surface area is 212 Å². The van der Waals surface area contributed by atoms with Crippen molar-refractivity contribution < 1.29 is 18.8 Å². The van der Waals surface area contributed by atoms with E-state index in [1.54, 1.807) is 41.3 Å². The van der Waals surface area contributed by atoms with Crippen molar-refractivity contribution >= 4 is 34.4 Å². The van der Waals surface area contributed by atoms with E-state index < -0.39 is 18.1 Å². The maximum absolute atomic E-state index is 14.0. The molecule has 0 unspecified atom stereocenters. The third-order valence-corrected chi connectivity index (χ3v) is 7.16. The van der Waals surface area contributed by atoms with Gasteiger partial charge >= 0.3 is 6.03 Å². The van der Waals surface area contributed by atoms with Gasteiger partial charge in [-0.1, -0.05) is 49.4 Å². The number of hydrogen-bond donors (Lipinski definition) is 2. The second-order valence-electron chi connectivity index (χ2n) is 9.37. The van der Waals surface area contributed by atoms with E-state index >= 15 is 0 Å². The van der Waals surface area contributed by atoms with E-state index in [1.807, 2.05) is 31.2 Å². The molecule has 1 fully saturated rings. The highest BCUT2D eigenvalue weighted by molar-refractivity contribution is 6.24. The quantitative estimate of drug-likeness (QED) is 0.384. The molecule has 4 aromatic rings. The van der Waals surface area contributed by atoms with Crippen LogP contribution in [-0.4, -0.2) is 40.3 Å². The number of halogens is 1. The Bertz CT molecular complexity index is 1540. The van der Waals surface area contributed by atoms with Gasteiger partial charge in [0.15, 0.2) is 0 Å². The van der Waals surface area contributed by atoms with Gasteiger partial charge in [0.1, 0.15) is 17.9 Å². The number of imide groups is 1. The highest BCUT2D eigenvalue weighted by Gasteiger charge is 2.53.